The highest BCUT2D eigenvalue weighted by molar-refractivity contribution is 5.98. The van der Waals surface area contributed by atoms with E-state index in [1.165, 1.54) is 11.7 Å². The van der Waals surface area contributed by atoms with Gasteiger partial charge in [0.1, 0.15) is 12.2 Å². The molecule has 9 nitrogen and oxygen atoms in total. The largest absolute Gasteiger partial charge is 0.480 e. The van der Waals surface area contributed by atoms with Crippen molar-refractivity contribution in [3.05, 3.63) is 22.0 Å². The Balaban J connectivity index is 2.34. The summed E-state index contributed by atoms with van der Waals surface area (Å²) in [6, 6.07) is -0.946. The number of likely N-dealkylation sites (tertiary alicyclic amines) is 1. The van der Waals surface area contributed by atoms with E-state index in [1.54, 1.807) is 0 Å². The van der Waals surface area contributed by atoms with E-state index in [2.05, 4.69) is 5.10 Å². The lowest BCUT2D eigenvalue weighted by Crippen LogP contribution is -2.48. The van der Waals surface area contributed by atoms with E-state index in [9.17, 15) is 19.7 Å². The molecule has 9 heteroatoms. The molecule has 1 unspecified atom stereocenters. The molecule has 1 saturated heterocycles. The lowest BCUT2D eigenvalue weighted by atomic mass is 10.0. The SMILES string of the molecule is Cn1cc([N+](=O)[O-])c(C(=O)N2CCCCC2C(=O)O)n1. The number of aliphatic carboxylic acids is 1. The number of nitrogens with zero attached hydrogens (tertiary/aromatic N) is 4. The minimum atomic E-state index is -1.10. The number of amides is 1. The number of carbonyl (C=O) groups is 2. The zero-order valence-electron chi connectivity index (χ0n) is 10.9. The molecule has 2 heterocycles. The molecular weight excluding hydrogens is 268 g/mol. The van der Waals surface area contributed by atoms with Crippen LogP contribution in [0.25, 0.3) is 0 Å². The number of hydrogen-bond donors (Lipinski definition) is 1. The predicted octanol–water partition coefficient (Wildman–Crippen LogP) is 0.408. The number of piperidine rings is 1. The van der Waals surface area contributed by atoms with Crippen LogP contribution in [-0.2, 0) is 11.8 Å². The summed E-state index contributed by atoms with van der Waals surface area (Å²) in [7, 11) is 1.47. The zero-order chi connectivity index (χ0) is 14.9. The average molecular weight is 282 g/mol. The second kappa shape index (κ2) is 5.27. The topological polar surface area (TPSA) is 119 Å². The van der Waals surface area contributed by atoms with Crippen LogP contribution in [0.4, 0.5) is 5.69 Å². The molecule has 1 aliphatic heterocycles. The van der Waals surface area contributed by atoms with Crippen LogP contribution in [0.5, 0.6) is 0 Å². The monoisotopic (exact) mass is 282 g/mol. The molecule has 1 aromatic heterocycles. The first-order valence-electron chi connectivity index (χ1n) is 6.13. The van der Waals surface area contributed by atoms with Gasteiger partial charge < -0.3 is 10.0 Å². The summed E-state index contributed by atoms with van der Waals surface area (Å²) in [5.41, 5.74) is -0.724. The molecule has 1 fully saturated rings. The van der Waals surface area contributed by atoms with Crippen LogP contribution in [-0.4, -0.2) is 49.2 Å². The van der Waals surface area contributed by atoms with Gasteiger partial charge in [0.25, 0.3) is 5.91 Å². The highest BCUT2D eigenvalue weighted by atomic mass is 16.6. The zero-order valence-corrected chi connectivity index (χ0v) is 10.9. The van der Waals surface area contributed by atoms with Crippen LogP contribution in [0, 0.1) is 10.1 Å². The van der Waals surface area contributed by atoms with Crippen LogP contribution in [0.1, 0.15) is 29.8 Å². The summed E-state index contributed by atoms with van der Waals surface area (Å²) >= 11 is 0. The van der Waals surface area contributed by atoms with Crippen molar-refractivity contribution in [3.8, 4) is 0 Å². The van der Waals surface area contributed by atoms with Gasteiger partial charge in [-0.25, -0.2) is 4.79 Å². The maximum absolute atomic E-state index is 12.3. The molecular formula is C11H14N4O5. The van der Waals surface area contributed by atoms with Crippen molar-refractivity contribution in [3.63, 3.8) is 0 Å². The van der Waals surface area contributed by atoms with E-state index in [-0.39, 0.29) is 12.2 Å². The molecule has 1 N–H and O–H groups in total. The van der Waals surface area contributed by atoms with Crippen LogP contribution in [0.15, 0.2) is 6.20 Å². The quantitative estimate of drug-likeness (QED) is 0.633. The van der Waals surface area contributed by atoms with Crippen LogP contribution < -0.4 is 0 Å². The van der Waals surface area contributed by atoms with Gasteiger partial charge in [-0.1, -0.05) is 0 Å². The van der Waals surface area contributed by atoms with Crippen LogP contribution >= 0.6 is 0 Å². The fourth-order valence-electron chi connectivity index (χ4n) is 2.33. The third kappa shape index (κ3) is 2.46. The van der Waals surface area contributed by atoms with Gasteiger partial charge in [0.15, 0.2) is 0 Å². The molecule has 0 saturated carbocycles. The smallest absolute Gasteiger partial charge is 0.326 e. The molecule has 0 aliphatic carbocycles. The number of carboxylic acids is 1. The maximum Gasteiger partial charge on any atom is 0.326 e. The van der Waals surface area contributed by atoms with Crippen molar-refractivity contribution in [2.75, 3.05) is 6.54 Å². The second-order valence-corrected chi connectivity index (χ2v) is 4.64. The highest BCUT2D eigenvalue weighted by Crippen LogP contribution is 2.23. The molecule has 1 atom stereocenters. The standard InChI is InChI=1S/C11H14N4O5/c1-13-6-8(15(19)20)9(12-13)10(16)14-5-3-2-4-7(14)11(17)18/h6-7H,2-5H2,1H3,(H,17,18). The molecule has 20 heavy (non-hydrogen) atoms. The Bertz CT molecular complexity index is 567. The minimum absolute atomic E-state index is 0.267. The van der Waals surface area contributed by atoms with Crippen molar-refractivity contribution in [2.24, 2.45) is 7.05 Å². The molecule has 0 bridgehead atoms. The van der Waals surface area contributed by atoms with Gasteiger partial charge in [-0.3, -0.25) is 19.6 Å². The maximum atomic E-state index is 12.3. The number of rotatable bonds is 3. The van der Waals surface area contributed by atoms with Gasteiger partial charge >= 0.3 is 11.7 Å². The van der Waals surface area contributed by atoms with Gasteiger partial charge in [0, 0.05) is 13.6 Å². The first kappa shape index (κ1) is 14.0. The van der Waals surface area contributed by atoms with Crippen molar-refractivity contribution in [2.45, 2.75) is 25.3 Å². The van der Waals surface area contributed by atoms with Crippen LogP contribution in [0.2, 0.25) is 0 Å². The van der Waals surface area contributed by atoms with E-state index in [0.29, 0.717) is 19.3 Å². The Morgan fingerprint density at radius 3 is 2.80 bits per heavy atom. The lowest BCUT2D eigenvalue weighted by molar-refractivity contribution is -0.385. The Morgan fingerprint density at radius 1 is 1.50 bits per heavy atom. The van der Waals surface area contributed by atoms with Gasteiger partial charge in [-0.2, -0.15) is 5.10 Å². The van der Waals surface area contributed by atoms with Crippen molar-refractivity contribution in [1.29, 1.82) is 0 Å². The molecule has 1 aliphatic rings. The van der Waals surface area contributed by atoms with E-state index in [4.69, 9.17) is 5.11 Å². The minimum Gasteiger partial charge on any atom is -0.480 e. The third-order valence-corrected chi connectivity index (χ3v) is 3.26. The first-order valence-corrected chi connectivity index (χ1v) is 6.13. The Hall–Kier alpha value is -2.45. The van der Waals surface area contributed by atoms with Gasteiger partial charge in [0.05, 0.1) is 4.92 Å². The predicted molar refractivity (Wildman–Crippen MR) is 66.2 cm³/mol. The summed E-state index contributed by atoms with van der Waals surface area (Å²) in [6.45, 7) is 0.267. The van der Waals surface area contributed by atoms with E-state index < -0.39 is 28.5 Å². The van der Waals surface area contributed by atoms with Gasteiger partial charge in [-0.05, 0) is 19.3 Å². The average Bonchev–Trinajstić information content (AvgIpc) is 2.80. The summed E-state index contributed by atoms with van der Waals surface area (Å²) in [4.78, 5) is 34.9. The highest BCUT2D eigenvalue weighted by Gasteiger charge is 2.36. The first-order chi connectivity index (χ1) is 9.41. The molecule has 1 amide bonds. The number of carboxylic acid groups (broad SMARTS) is 1. The van der Waals surface area contributed by atoms with E-state index in [0.717, 1.165) is 11.1 Å². The fraction of sp³-hybridized carbons (Fsp3) is 0.545. The number of hydrogen-bond acceptors (Lipinski definition) is 5. The molecule has 0 radical (unpaired) electrons. The van der Waals surface area contributed by atoms with Gasteiger partial charge in [0.2, 0.25) is 5.69 Å². The van der Waals surface area contributed by atoms with Crippen molar-refractivity contribution < 1.29 is 19.6 Å². The molecule has 0 aromatic carbocycles. The fourth-order valence-corrected chi connectivity index (χ4v) is 2.33. The molecule has 2 rings (SSSR count). The number of aryl methyl sites for hydroxylation is 1. The summed E-state index contributed by atoms with van der Waals surface area (Å²) in [5.74, 6) is -1.80. The Labute approximate surface area is 113 Å². The molecule has 0 spiro atoms. The summed E-state index contributed by atoms with van der Waals surface area (Å²) in [5, 5.41) is 23.8. The summed E-state index contributed by atoms with van der Waals surface area (Å²) < 4.78 is 1.17. The third-order valence-electron chi connectivity index (χ3n) is 3.26. The lowest BCUT2D eigenvalue weighted by Gasteiger charge is -2.32. The van der Waals surface area contributed by atoms with E-state index >= 15 is 0 Å². The van der Waals surface area contributed by atoms with E-state index in [1.807, 2.05) is 0 Å². The Kier molecular flexibility index (Phi) is 3.68. The van der Waals surface area contributed by atoms with Crippen molar-refractivity contribution in [1.82, 2.24) is 14.7 Å². The second-order valence-electron chi connectivity index (χ2n) is 4.64. The number of carbonyl (C=O) groups excluding carboxylic acids is 1. The summed E-state index contributed by atoms with van der Waals surface area (Å²) in [6.07, 6.45) is 2.87. The normalized spacial score (nSPS) is 18.9. The number of nitro groups is 1. The molecule has 1 aromatic rings. The van der Waals surface area contributed by atoms with Crippen LogP contribution in [0.3, 0.4) is 0 Å². The number of aromatic nitrogens is 2. The molecule has 108 valence electrons. The Morgan fingerprint density at radius 2 is 2.20 bits per heavy atom. The van der Waals surface area contributed by atoms with Gasteiger partial charge in [-0.15, -0.1) is 0 Å². The van der Waals surface area contributed by atoms with Crippen molar-refractivity contribution >= 4 is 17.6 Å².